The van der Waals surface area contributed by atoms with Crippen LogP contribution in [0.2, 0.25) is 5.02 Å². The van der Waals surface area contributed by atoms with Gasteiger partial charge in [-0.3, -0.25) is 14.2 Å². The molecule has 1 amide bonds. The zero-order chi connectivity index (χ0) is 18.0. The number of hydrogen-bond acceptors (Lipinski definition) is 3. The number of halogens is 1. The Hall–Kier alpha value is -2.40. The first-order valence-electron chi connectivity index (χ1n) is 8.21. The highest BCUT2D eigenvalue weighted by atomic mass is 35.5. The van der Waals surface area contributed by atoms with E-state index in [1.807, 2.05) is 24.3 Å². The van der Waals surface area contributed by atoms with Crippen molar-refractivity contribution < 1.29 is 4.79 Å². The molecule has 0 atom stereocenters. The molecule has 0 aliphatic heterocycles. The fourth-order valence-electron chi connectivity index (χ4n) is 2.70. The van der Waals surface area contributed by atoms with Crippen molar-refractivity contribution in [3.8, 4) is 0 Å². The number of carbonyl (C=O) groups excluding carboxylic acids is 1. The molecule has 0 aliphatic rings. The molecular weight excluding hydrogens is 336 g/mol. The first kappa shape index (κ1) is 17.4. The van der Waals surface area contributed by atoms with E-state index >= 15 is 0 Å². The van der Waals surface area contributed by atoms with E-state index in [4.69, 9.17) is 11.6 Å². The number of aromatic nitrogens is 3. The van der Waals surface area contributed by atoms with Gasteiger partial charge in [0, 0.05) is 29.4 Å². The van der Waals surface area contributed by atoms with Gasteiger partial charge in [-0.1, -0.05) is 44.5 Å². The van der Waals surface area contributed by atoms with Crippen LogP contribution < -0.4 is 5.32 Å². The van der Waals surface area contributed by atoms with Gasteiger partial charge in [-0.15, -0.1) is 0 Å². The van der Waals surface area contributed by atoms with Crippen LogP contribution in [0, 0.1) is 0 Å². The molecular formula is C19H21ClN4O. The number of hydrogen-bond donors (Lipinski definition) is 1. The number of imidazole rings is 1. The molecule has 0 radical (unpaired) electrons. The van der Waals surface area contributed by atoms with Crippen LogP contribution in [0.25, 0.3) is 5.52 Å². The molecule has 6 heteroatoms. The third-order valence-electron chi connectivity index (χ3n) is 3.97. The highest BCUT2D eigenvalue weighted by molar-refractivity contribution is 6.30. The molecule has 2 aromatic heterocycles. The van der Waals surface area contributed by atoms with Crippen LogP contribution in [0.4, 0.5) is 0 Å². The van der Waals surface area contributed by atoms with Crippen molar-refractivity contribution in [3.05, 3.63) is 65.0 Å². The maximum atomic E-state index is 12.6. The van der Waals surface area contributed by atoms with E-state index in [1.54, 1.807) is 23.0 Å². The molecule has 0 spiro atoms. The van der Waals surface area contributed by atoms with E-state index in [2.05, 4.69) is 36.1 Å². The second-order valence-corrected chi connectivity index (χ2v) is 7.43. The summed E-state index contributed by atoms with van der Waals surface area (Å²) < 4.78 is 1.80. The molecule has 1 N–H and O–H groups in total. The summed E-state index contributed by atoms with van der Waals surface area (Å²) in [6, 6.07) is 7.62. The quantitative estimate of drug-likeness (QED) is 0.776. The lowest BCUT2D eigenvalue weighted by atomic mass is 9.92. The fourth-order valence-corrected chi connectivity index (χ4v) is 2.83. The van der Waals surface area contributed by atoms with Crippen molar-refractivity contribution in [1.29, 1.82) is 0 Å². The Morgan fingerprint density at radius 2 is 1.96 bits per heavy atom. The zero-order valence-corrected chi connectivity index (χ0v) is 15.3. The smallest absolute Gasteiger partial charge is 0.287 e. The minimum Gasteiger partial charge on any atom is -0.349 e. The lowest BCUT2D eigenvalue weighted by Crippen LogP contribution is -2.27. The Bertz CT molecular complexity index is 894. The topological polar surface area (TPSA) is 59.3 Å². The summed E-state index contributed by atoms with van der Waals surface area (Å²) in [6.45, 7) is 6.75. The van der Waals surface area contributed by atoms with Crippen molar-refractivity contribution in [1.82, 2.24) is 19.7 Å². The summed E-state index contributed by atoms with van der Waals surface area (Å²) in [5.41, 5.74) is 2.68. The number of rotatable bonds is 4. The summed E-state index contributed by atoms with van der Waals surface area (Å²) in [4.78, 5) is 21.4. The zero-order valence-electron chi connectivity index (χ0n) is 14.6. The summed E-state index contributed by atoms with van der Waals surface area (Å²) in [6.07, 6.45) is 5.91. The van der Waals surface area contributed by atoms with Crippen molar-refractivity contribution in [2.45, 2.75) is 32.6 Å². The molecule has 3 rings (SSSR count). The predicted molar refractivity (Wildman–Crippen MR) is 99.2 cm³/mol. The van der Waals surface area contributed by atoms with Gasteiger partial charge < -0.3 is 5.32 Å². The third kappa shape index (κ3) is 3.82. The van der Waals surface area contributed by atoms with Gasteiger partial charge in [-0.2, -0.15) is 0 Å². The van der Waals surface area contributed by atoms with Crippen LogP contribution in [0.5, 0.6) is 0 Å². The Labute approximate surface area is 152 Å². The summed E-state index contributed by atoms with van der Waals surface area (Å²) in [5.74, 6) is 0.198. The van der Waals surface area contributed by atoms with Gasteiger partial charge in [0.2, 0.25) is 5.82 Å². The number of benzene rings is 1. The molecule has 0 saturated heterocycles. The molecule has 0 bridgehead atoms. The van der Waals surface area contributed by atoms with Gasteiger partial charge >= 0.3 is 0 Å². The first-order valence-corrected chi connectivity index (χ1v) is 8.59. The van der Waals surface area contributed by atoms with Gasteiger partial charge in [0.1, 0.15) is 0 Å². The predicted octanol–water partition coefficient (Wildman–Crippen LogP) is 3.65. The average Bonchev–Trinajstić information content (AvgIpc) is 2.96. The van der Waals surface area contributed by atoms with Crippen molar-refractivity contribution in [3.63, 3.8) is 0 Å². The highest BCUT2D eigenvalue weighted by Crippen LogP contribution is 2.26. The monoisotopic (exact) mass is 356 g/mol. The minimum atomic E-state index is -0.189. The number of carbonyl (C=O) groups is 1. The standard InChI is InChI=1S/C19H21ClN4O/c1-19(2,3)16-15-12-21-10-11-24(15)17(23-16)18(25)22-9-8-13-4-6-14(20)7-5-13/h4-7,10-12H,8-9H2,1-3H3,(H,22,25). The molecule has 0 saturated carbocycles. The highest BCUT2D eigenvalue weighted by Gasteiger charge is 2.25. The van der Waals surface area contributed by atoms with Crippen LogP contribution in [0.15, 0.2) is 42.9 Å². The first-order chi connectivity index (χ1) is 11.9. The maximum Gasteiger partial charge on any atom is 0.287 e. The number of fused-ring (bicyclic) bond motifs is 1. The molecule has 1 aromatic carbocycles. The van der Waals surface area contributed by atoms with Crippen molar-refractivity contribution in [2.75, 3.05) is 6.54 Å². The van der Waals surface area contributed by atoms with Crippen molar-refractivity contribution in [2.24, 2.45) is 0 Å². The van der Waals surface area contributed by atoms with Crippen LogP contribution in [-0.2, 0) is 11.8 Å². The van der Waals surface area contributed by atoms with Gasteiger partial charge in [0.05, 0.1) is 17.4 Å². The normalized spacial score (nSPS) is 11.7. The SMILES string of the molecule is CC(C)(C)c1nc(C(=O)NCCc2ccc(Cl)cc2)n2ccncc12. The molecule has 3 aromatic rings. The van der Waals surface area contributed by atoms with Gasteiger partial charge in [0.15, 0.2) is 0 Å². The lowest BCUT2D eigenvalue weighted by molar-refractivity contribution is 0.0943. The van der Waals surface area contributed by atoms with Gasteiger partial charge in [0.25, 0.3) is 5.91 Å². The second kappa shape index (κ2) is 6.84. The molecule has 130 valence electrons. The average molecular weight is 357 g/mol. The van der Waals surface area contributed by atoms with E-state index in [9.17, 15) is 4.79 Å². The van der Waals surface area contributed by atoms with Crippen LogP contribution >= 0.6 is 11.6 Å². The Kier molecular flexibility index (Phi) is 4.77. The Balaban J connectivity index is 1.77. The fraction of sp³-hybridized carbons (Fsp3) is 0.316. The Morgan fingerprint density at radius 1 is 1.24 bits per heavy atom. The third-order valence-corrected chi connectivity index (χ3v) is 4.22. The van der Waals surface area contributed by atoms with E-state index in [1.165, 1.54) is 0 Å². The summed E-state index contributed by atoms with van der Waals surface area (Å²) in [7, 11) is 0. The minimum absolute atomic E-state index is 0.171. The lowest BCUT2D eigenvalue weighted by Gasteiger charge is -2.15. The molecule has 0 fully saturated rings. The number of amides is 1. The van der Waals surface area contributed by atoms with Gasteiger partial charge in [-0.25, -0.2) is 4.98 Å². The van der Waals surface area contributed by atoms with Crippen LogP contribution in [-0.4, -0.2) is 26.8 Å². The molecule has 0 unspecified atom stereocenters. The van der Waals surface area contributed by atoms with E-state index in [0.29, 0.717) is 17.4 Å². The van der Waals surface area contributed by atoms with Crippen LogP contribution in [0.1, 0.15) is 42.6 Å². The van der Waals surface area contributed by atoms with Crippen LogP contribution in [0.3, 0.4) is 0 Å². The summed E-state index contributed by atoms with van der Waals surface area (Å²) >= 11 is 5.88. The molecule has 5 nitrogen and oxygen atoms in total. The number of nitrogens with zero attached hydrogens (tertiary/aromatic N) is 3. The summed E-state index contributed by atoms with van der Waals surface area (Å²) in [5, 5.41) is 3.65. The maximum absolute atomic E-state index is 12.6. The van der Waals surface area contributed by atoms with E-state index < -0.39 is 0 Å². The van der Waals surface area contributed by atoms with E-state index in [-0.39, 0.29) is 11.3 Å². The molecule has 2 heterocycles. The van der Waals surface area contributed by atoms with Crippen molar-refractivity contribution >= 4 is 23.0 Å². The Morgan fingerprint density at radius 3 is 2.64 bits per heavy atom. The molecule has 0 aliphatic carbocycles. The van der Waals surface area contributed by atoms with E-state index in [0.717, 1.165) is 23.2 Å². The second-order valence-electron chi connectivity index (χ2n) is 7.00. The molecule has 25 heavy (non-hydrogen) atoms. The number of nitrogens with one attached hydrogen (secondary N) is 1. The van der Waals surface area contributed by atoms with Gasteiger partial charge in [-0.05, 0) is 24.1 Å². The largest absolute Gasteiger partial charge is 0.349 e.